The van der Waals surface area contributed by atoms with E-state index in [2.05, 4.69) is 30.5 Å². The van der Waals surface area contributed by atoms with E-state index in [0.29, 0.717) is 68.0 Å². The SMILES string of the molecule is CCCOC1(OCC)C=CC(S(=O)(=O)NCCN2CCOCC2)=CC1c1[nH]c2c(=O)n(C)c(=O)n(CCC)c2c1Br. The molecule has 3 heterocycles. The number of allylic oxidation sites excluding steroid dienone is 1. The monoisotopic (exact) mass is 657 g/mol. The molecular weight excluding hydrogens is 618 g/mol. The predicted molar refractivity (Wildman–Crippen MR) is 161 cm³/mol. The third kappa shape index (κ3) is 6.48. The maximum Gasteiger partial charge on any atom is 0.331 e. The van der Waals surface area contributed by atoms with Crippen molar-refractivity contribution in [1.82, 2.24) is 23.7 Å². The van der Waals surface area contributed by atoms with Crippen LogP contribution in [0.25, 0.3) is 11.0 Å². The van der Waals surface area contributed by atoms with Crippen LogP contribution in [0, 0.1) is 0 Å². The van der Waals surface area contributed by atoms with E-state index in [1.54, 1.807) is 16.7 Å². The molecule has 2 atom stereocenters. The van der Waals surface area contributed by atoms with Crippen molar-refractivity contribution in [2.24, 2.45) is 7.05 Å². The molecule has 0 radical (unpaired) electrons. The number of morpholine rings is 1. The van der Waals surface area contributed by atoms with Gasteiger partial charge in [0.15, 0.2) is 5.79 Å². The third-order valence-corrected chi connectivity index (χ3v) is 9.57. The van der Waals surface area contributed by atoms with Gasteiger partial charge in [-0.1, -0.05) is 13.8 Å². The maximum atomic E-state index is 13.5. The van der Waals surface area contributed by atoms with Crippen LogP contribution in [0.5, 0.6) is 0 Å². The van der Waals surface area contributed by atoms with Gasteiger partial charge in [0, 0.05) is 52.1 Å². The number of nitrogens with zero attached hydrogens (tertiary/aromatic N) is 3. The van der Waals surface area contributed by atoms with Gasteiger partial charge >= 0.3 is 5.69 Å². The minimum absolute atomic E-state index is 0.0595. The van der Waals surface area contributed by atoms with Crippen molar-refractivity contribution >= 4 is 37.0 Å². The van der Waals surface area contributed by atoms with Crippen LogP contribution in [0.2, 0.25) is 0 Å². The highest BCUT2D eigenvalue weighted by Gasteiger charge is 2.44. The summed E-state index contributed by atoms with van der Waals surface area (Å²) in [5.41, 5.74) is 0.225. The molecule has 0 bridgehead atoms. The van der Waals surface area contributed by atoms with Crippen LogP contribution in [-0.2, 0) is 37.8 Å². The second-order valence-electron chi connectivity index (χ2n) is 10.1. The van der Waals surface area contributed by atoms with Crippen LogP contribution in [0.15, 0.2) is 37.2 Å². The third-order valence-electron chi connectivity index (χ3n) is 7.29. The number of fused-ring (bicyclic) bond motifs is 1. The molecule has 0 spiro atoms. The average Bonchev–Trinajstić information content (AvgIpc) is 3.30. The van der Waals surface area contributed by atoms with Crippen molar-refractivity contribution in [2.75, 3.05) is 52.6 Å². The van der Waals surface area contributed by atoms with Gasteiger partial charge in [-0.2, -0.15) is 0 Å². The van der Waals surface area contributed by atoms with E-state index in [1.807, 2.05) is 20.8 Å². The molecule has 0 aromatic carbocycles. The van der Waals surface area contributed by atoms with E-state index in [1.165, 1.54) is 13.1 Å². The topological polar surface area (TPSA) is 137 Å². The highest BCUT2D eigenvalue weighted by Crippen LogP contribution is 2.44. The number of aryl methyl sites for hydroxylation is 1. The van der Waals surface area contributed by atoms with Gasteiger partial charge in [0.1, 0.15) is 5.52 Å². The van der Waals surface area contributed by atoms with Crippen molar-refractivity contribution in [2.45, 2.75) is 51.9 Å². The van der Waals surface area contributed by atoms with E-state index in [-0.39, 0.29) is 17.0 Å². The fourth-order valence-corrected chi connectivity index (χ4v) is 7.07. The van der Waals surface area contributed by atoms with Crippen LogP contribution in [-0.4, -0.2) is 85.8 Å². The zero-order valence-corrected chi connectivity index (χ0v) is 26.5. The van der Waals surface area contributed by atoms with Crippen LogP contribution < -0.4 is 16.0 Å². The second-order valence-corrected chi connectivity index (χ2v) is 12.7. The standard InChI is InChI=1S/C27H40BrN5O7S/c1-5-11-33-24-21(28)22(30-23(24)25(34)31(4)26(33)35)20-18-19(8-9-27(20,39-7-3)40-15-6-2)41(36,37)29-10-12-32-13-16-38-17-14-32/h8-9,18,20,29-30H,5-7,10-17H2,1-4H3. The number of hydrogen-bond donors (Lipinski definition) is 2. The molecule has 4 rings (SSSR count). The summed E-state index contributed by atoms with van der Waals surface area (Å²) >= 11 is 3.64. The Morgan fingerprint density at radius 3 is 2.54 bits per heavy atom. The summed E-state index contributed by atoms with van der Waals surface area (Å²) in [5, 5.41) is 0. The molecule has 12 nitrogen and oxygen atoms in total. The highest BCUT2D eigenvalue weighted by atomic mass is 79.9. The second kappa shape index (κ2) is 13.5. The molecule has 2 aliphatic rings. The Morgan fingerprint density at radius 1 is 1.15 bits per heavy atom. The van der Waals surface area contributed by atoms with Crippen LogP contribution >= 0.6 is 15.9 Å². The number of hydrogen-bond acceptors (Lipinski definition) is 8. The number of sulfonamides is 1. The lowest BCUT2D eigenvalue weighted by atomic mass is 9.90. The Kier molecular flexibility index (Phi) is 10.5. The molecule has 2 aromatic heterocycles. The molecular formula is C27H40BrN5O7S. The summed E-state index contributed by atoms with van der Waals surface area (Å²) in [6, 6.07) is 0. The first-order chi connectivity index (χ1) is 19.6. The summed E-state index contributed by atoms with van der Waals surface area (Å²) < 4.78 is 50.5. The van der Waals surface area contributed by atoms with E-state index in [0.717, 1.165) is 17.7 Å². The summed E-state index contributed by atoms with van der Waals surface area (Å²) in [4.78, 5) is 31.6. The molecule has 1 saturated heterocycles. The van der Waals surface area contributed by atoms with Gasteiger partial charge in [0.05, 0.1) is 40.6 Å². The zero-order chi connectivity index (χ0) is 29.8. The first kappa shape index (κ1) is 31.9. The van der Waals surface area contributed by atoms with Crippen molar-refractivity contribution in [3.05, 3.63) is 54.1 Å². The first-order valence-electron chi connectivity index (χ1n) is 14.1. The molecule has 1 aliphatic carbocycles. The van der Waals surface area contributed by atoms with Crippen molar-refractivity contribution in [1.29, 1.82) is 0 Å². The minimum Gasteiger partial charge on any atom is -0.379 e. The summed E-state index contributed by atoms with van der Waals surface area (Å²) in [7, 11) is -2.45. The van der Waals surface area contributed by atoms with Gasteiger partial charge < -0.3 is 19.2 Å². The lowest BCUT2D eigenvalue weighted by Gasteiger charge is -2.38. The Labute approximate surface area is 248 Å². The summed E-state index contributed by atoms with van der Waals surface area (Å²) in [6.45, 7) is 10.4. The lowest BCUT2D eigenvalue weighted by molar-refractivity contribution is -0.210. The molecule has 0 amide bonds. The van der Waals surface area contributed by atoms with Crippen LogP contribution in [0.3, 0.4) is 0 Å². The van der Waals surface area contributed by atoms with Gasteiger partial charge in [0.2, 0.25) is 10.0 Å². The minimum atomic E-state index is -3.89. The fourth-order valence-electron chi connectivity index (χ4n) is 5.22. The summed E-state index contributed by atoms with van der Waals surface area (Å²) in [6.07, 6.45) is 6.10. The Balaban J connectivity index is 1.81. The number of rotatable bonds is 13. The number of aromatic nitrogens is 3. The Hall–Kier alpha value is -2.07. The molecule has 2 unspecified atom stereocenters. The van der Waals surface area contributed by atoms with Gasteiger partial charge in [-0.25, -0.2) is 17.9 Å². The van der Waals surface area contributed by atoms with Crippen LogP contribution in [0.4, 0.5) is 0 Å². The van der Waals surface area contributed by atoms with Gasteiger partial charge in [-0.3, -0.25) is 18.8 Å². The number of ether oxygens (including phenoxy) is 3. The highest BCUT2D eigenvalue weighted by molar-refractivity contribution is 9.10. The first-order valence-corrected chi connectivity index (χ1v) is 16.4. The van der Waals surface area contributed by atoms with Gasteiger partial charge in [-0.05, 0) is 53.9 Å². The number of aromatic amines is 1. The molecule has 2 aromatic rings. The molecule has 2 N–H and O–H groups in total. The van der Waals surface area contributed by atoms with Gasteiger partial charge in [0.25, 0.3) is 5.56 Å². The Bertz CT molecular complexity index is 1520. The normalized spacial score (nSPS) is 22.0. The van der Waals surface area contributed by atoms with Gasteiger partial charge in [-0.15, -0.1) is 0 Å². The van der Waals surface area contributed by atoms with Crippen molar-refractivity contribution in [3.8, 4) is 0 Å². The fraction of sp³-hybridized carbons (Fsp3) is 0.630. The van der Waals surface area contributed by atoms with Crippen molar-refractivity contribution < 1.29 is 22.6 Å². The van der Waals surface area contributed by atoms with E-state index >= 15 is 0 Å². The molecule has 0 saturated carbocycles. The zero-order valence-electron chi connectivity index (χ0n) is 24.1. The molecule has 1 fully saturated rings. The summed E-state index contributed by atoms with van der Waals surface area (Å²) in [5.74, 6) is -2.14. The maximum absolute atomic E-state index is 13.5. The molecule has 14 heteroatoms. The van der Waals surface area contributed by atoms with E-state index < -0.39 is 33.0 Å². The van der Waals surface area contributed by atoms with Crippen LogP contribution in [0.1, 0.15) is 45.2 Å². The number of H-pyrrole nitrogens is 1. The molecule has 1 aliphatic heterocycles. The quantitative estimate of drug-likeness (QED) is 0.313. The van der Waals surface area contributed by atoms with Crippen molar-refractivity contribution in [3.63, 3.8) is 0 Å². The van der Waals surface area contributed by atoms with E-state index in [4.69, 9.17) is 14.2 Å². The number of halogens is 1. The smallest absolute Gasteiger partial charge is 0.331 e. The Morgan fingerprint density at radius 2 is 1.88 bits per heavy atom. The number of nitrogens with one attached hydrogen (secondary N) is 2. The predicted octanol–water partition coefficient (Wildman–Crippen LogP) is 2.15. The molecule has 41 heavy (non-hydrogen) atoms. The molecule has 228 valence electrons. The van der Waals surface area contributed by atoms with E-state index in [9.17, 15) is 18.0 Å². The lowest BCUT2D eigenvalue weighted by Crippen LogP contribution is -2.43. The average molecular weight is 659 g/mol. The largest absolute Gasteiger partial charge is 0.379 e.